The number of hydrogen-bond acceptors (Lipinski definition) is 2. The van der Waals surface area contributed by atoms with Gasteiger partial charge < -0.3 is 10.6 Å². The van der Waals surface area contributed by atoms with Crippen molar-refractivity contribution in [3.8, 4) is 0 Å². The zero-order valence-electron chi connectivity index (χ0n) is 12.3. The van der Waals surface area contributed by atoms with E-state index in [0.29, 0.717) is 12.5 Å². The van der Waals surface area contributed by atoms with Gasteiger partial charge in [-0.2, -0.15) is 0 Å². The Morgan fingerprint density at radius 1 is 1.18 bits per heavy atom. The van der Waals surface area contributed by atoms with E-state index in [-0.39, 0.29) is 10.7 Å². The topological polar surface area (TPSA) is 58.2 Å². The van der Waals surface area contributed by atoms with E-state index in [1.807, 2.05) is 0 Å². The van der Waals surface area contributed by atoms with Gasteiger partial charge in [0.05, 0.1) is 5.69 Å². The molecule has 0 heterocycles. The van der Waals surface area contributed by atoms with Crippen molar-refractivity contribution in [3.63, 3.8) is 0 Å². The maximum absolute atomic E-state index is 13.5. The van der Waals surface area contributed by atoms with Crippen LogP contribution in [0.2, 0.25) is 5.02 Å². The van der Waals surface area contributed by atoms with Crippen LogP contribution in [0.5, 0.6) is 0 Å². The van der Waals surface area contributed by atoms with Crippen molar-refractivity contribution in [3.05, 3.63) is 29.0 Å². The number of carbonyl (C=O) groups excluding carboxylic acids is 2. The number of anilines is 1. The van der Waals surface area contributed by atoms with E-state index in [9.17, 15) is 14.0 Å². The number of rotatable bonds is 4. The summed E-state index contributed by atoms with van der Waals surface area (Å²) in [5.74, 6) is -1.66. The Labute approximate surface area is 134 Å². The zero-order chi connectivity index (χ0) is 15.9. The molecule has 0 bridgehead atoms. The Morgan fingerprint density at radius 2 is 1.91 bits per heavy atom. The molecule has 1 saturated carbocycles. The first-order valence-electron chi connectivity index (χ1n) is 7.60. The number of hydrogen-bond donors (Lipinski definition) is 2. The van der Waals surface area contributed by atoms with E-state index in [2.05, 4.69) is 10.6 Å². The molecule has 1 aromatic rings. The molecule has 1 aromatic carbocycles. The minimum atomic E-state index is -0.870. The molecule has 6 heteroatoms. The fourth-order valence-corrected chi connectivity index (χ4v) is 2.87. The van der Waals surface area contributed by atoms with Crippen molar-refractivity contribution in [2.24, 2.45) is 5.92 Å². The van der Waals surface area contributed by atoms with E-state index < -0.39 is 17.6 Å². The van der Waals surface area contributed by atoms with Gasteiger partial charge in [-0.15, -0.1) is 0 Å². The molecule has 2 N–H and O–H groups in total. The van der Waals surface area contributed by atoms with Crippen molar-refractivity contribution in [1.29, 1.82) is 0 Å². The number of benzene rings is 1. The Balaban J connectivity index is 1.75. The summed E-state index contributed by atoms with van der Waals surface area (Å²) in [5, 5.41) is 5.05. The van der Waals surface area contributed by atoms with Crippen LogP contribution >= 0.6 is 11.6 Å². The highest BCUT2D eigenvalue weighted by Crippen LogP contribution is 2.25. The van der Waals surface area contributed by atoms with Crippen LogP contribution in [0.25, 0.3) is 0 Å². The Bertz CT molecular complexity index is 545. The second-order valence-electron chi connectivity index (χ2n) is 5.63. The molecule has 0 spiro atoms. The molecule has 0 aliphatic heterocycles. The van der Waals surface area contributed by atoms with Gasteiger partial charge in [-0.3, -0.25) is 9.59 Å². The standard InChI is InChI=1S/C16H20ClFN2O2/c17-12-6-7-14(13(18)10-12)20-16(22)15(21)19-9-8-11-4-2-1-3-5-11/h6-7,10-11H,1-5,8-9H2,(H,19,21)(H,20,22). The second-order valence-corrected chi connectivity index (χ2v) is 6.06. The smallest absolute Gasteiger partial charge is 0.313 e. The van der Waals surface area contributed by atoms with Crippen LogP contribution < -0.4 is 10.6 Å². The Hall–Kier alpha value is -1.62. The maximum atomic E-state index is 13.5. The van der Waals surface area contributed by atoms with Gasteiger partial charge in [-0.1, -0.05) is 43.7 Å². The lowest BCUT2D eigenvalue weighted by atomic mass is 9.87. The summed E-state index contributed by atoms with van der Waals surface area (Å²) in [6.45, 7) is 0.472. The molecular formula is C16H20ClFN2O2. The van der Waals surface area contributed by atoms with E-state index in [1.54, 1.807) is 0 Å². The number of nitrogens with one attached hydrogen (secondary N) is 2. The number of amides is 2. The summed E-state index contributed by atoms with van der Waals surface area (Å²) in [7, 11) is 0. The third-order valence-corrected chi connectivity index (χ3v) is 4.18. The van der Waals surface area contributed by atoms with Crippen molar-refractivity contribution in [2.45, 2.75) is 38.5 Å². The lowest BCUT2D eigenvalue weighted by Gasteiger charge is -2.21. The first-order valence-corrected chi connectivity index (χ1v) is 7.98. The minimum Gasteiger partial charge on any atom is -0.348 e. The molecule has 0 aromatic heterocycles. The van der Waals surface area contributed by atoms with Gasteiger partial charge in [-0.05, 0) is 30.5 Å². The van der Waals surface area contributed by atoms with E-state index in [0.717, 1.165) is 12.5 Å². The van der Waals surface area contributed by atoms with Gasteiger partial charge in [-0.25, -0.2) is 4.39 Å². The minimum absolute atomic E-state index is 0.0585. The summed E-state index contributed by atoms with van der Waals surface area (Å²) in [6, 6.07) is 3.85. The monoisotopic (exact) mass is 326 g/mol. The van der Waals surface area contributed by atoms with Crippen LogP contribution in [0, 0.1) is 11.7 Å². The van der Waals surface area contributed by atoms with Crippen LogP contribution in [0.1, 0.15) is 38.5 Å². The van der Waals surface area contributed by atoms with E-state index >= 15 is 0 Å². The molecule has 1 aliphatic carbocycles. The highest BCUT2D eigenvalue weighted by molar-refractivity contribution is 6.39. The molecule has 22 heavy (non-hydrogen) atoms. The Morgan fingerprint density at radius 3 is 2.59 bits per heavy atom. The molecule has 4 nitrogen and oxygen atoms in total. The molecule has 0 atom stereocenters. The summed E-state index contributed by atoms with van der Waals surface area (Å²) >= 11 is 5.63. The highest BCUT2D eigenvalue weighted by atomic mass is 35.5. The van der Waals surface area contributed by atoms with Crippen LogP contribution in [0.3, 0.4) is 0 Å². The lowest BCUT2D eigenvalue weighted by molar-refractivity contribution is -0.136. The van der Waals surface area contributed by atoms with E-state index in [4.69, 9.17) is 11.6 Å². The molecular weight excluding hydrogens is 307 g/mol. The summed E-state index contributed by atoms with van der Waals surface area (Å²) in [6.07, 6.45) is 7.05. The predicted molar refractivity (Wildman–Crippen MR) is 84.2 cm³/mol. The average molecular weight is 327 g/mol. The van der Waals surface area contributed by atoms with Crippen LogP contribution in [0.15, 0.2) is 18.2 Å². The van der Waals surface area contributed by atoms with Gasteiger partial charge >= 0.3 is 11.8 Å². The molecule has 2 amide bonds. The molecule has 2 rings (SSSR count). The van der Waals surface area contributed by atoms with Crippen LogP contribution in [-0.2, 0) is 9.59 Å². The predicted octanol–water partition coefficient (Wildman–Crippen LogP) is 3.50. The first-order chi connectivity index (χ1) is 10.6. The largest absolute Gasteiger partial charge is 0.348 e. The van der Waals surface area contributed by atoms with Crippen LogP contribution in [0.4, 0.5) is 10.1 Å². The lowest BCUT2D eigenvalue weighted by Crippen LogP contribution is -2.36. The van der Waals surface area contributed by atoms with Crippen molar-refractivity contribution in [1.82, 2.24) is 5.32 Å². The van der Waals surface area contributed by atoms with Crippen molar-refractivity contribution in [2.75, 3.05) is 11.9 Å². The summed E-state index contributed by atoms with van der Waals surface area (Å²) in [5.41, 5.74) is -0.0585. The summed E-state index contributed by atoms with van der Waals surface area (Å²) < 4.78 is 13.5. The third kappa shape index (κ3) is 4.98. The Kier molecular flexibility index (Phi) is 6.19. The normalized spacial score (nSPS) is 15.4. The highest BCUT2D eigenvalue weighted by Gasteiger charge is 2.17. The third-order valence-electron chi connectivity index (χ3n) is 3.95. The fourth-order valence-electron chi connectivity index (χ4n) is 2.72. The molecule has 120 valence electrons. The van der Waals surface area contributed by atoms with Crippen LogP contribution in [-0.4, -0.2) is 18.4 Å². The second kappa shape index (κ2) is 8.13. The van der Waals surface area contributed by atoms with Gasteiger partial charge in [0.2, 0.25) is 0 Å². The quantitative estimate of drug-likeness (QED) is 0.832. The van der Waals surface area contributed by atoms with Crippen molar-refractivity contribution < 1.29 is 14.0 Å². The van der Waals surface area contributed by atoms with Gasteiger partial charge in [0.1, 0.15) is 5.82 Å². The molecule has 1 aliphatic rings. The zero-order valence-corrected chi connectivity index (χ0v) is 13.1. The number of carbonyl (C=O) groups is 2. The molecule has 0 radical (unpaired) electrons. The molecule has 1 fully saturated rings. The van der Waals surface area contributed by atoms with Crippen molar-refractivity contribution >= 4 is 29.1 Å². The number of halogens is 2. The van der Waals surface area contributed by atoms with Gasteiger partial charge in [0, 0.05) is 11.6 Å². The fraction of sp³-hybridized carbons (Fsp3) is 0.500. The molecule has 0 unspecified atom stereocenters. The van der Waals surface area contributed by atoms with Gasteiger partial charge in [0.25, 0.3) is 0 Å². The first kappa shape index (κ1) is 16.7. The SMILES string of the molecule is O=C(NCCC1CCCCC1)C(=O)Nc1ccc(Cl)cc1F. The van der Waals surface area contributed by atoms with E-state index in [1.165, 1.54) is 44.2 Å². The van der Waals surface area contributed by atoms with Gasteiger partial charge in [0.15, 0.2) is 0 Å². The average Bonchev–Trinajstić information content (AvgIpc) is 2.51. The molecule has 0 saturated heterocycles. The maximum Gasteiger partial charge on any atom is 0.313 e. The summed E-state index contributed by atoms with van der Waals surface area (Å²) in [4.78, 5) is 23.4.